The van der Waals surface area contributed by atoms with Crippen molar-refractivity contribution in [2.45, 2.75) is 51.4 Å². The number of hydrogen-bond donors (Lipinski definition) is 0. The molecule has 0 aliphatic carbocycles. The van der Waals surface area contributed by atoms with Crippen molar-refractivity contribution in [1.82, 2.24) is 4.90 Å². The lowest BCUT2D eigenvalue weighted by atomic mass is 9.77. The number of carbonyl (C=O) groups excluding carboxylic acids is 2. The van der Waals surface area contributed by atoms with E-state index >= 15 is 0 Å². The predicted octanol–water partition coefficient (Wildman–Crippen LogP) is 1.52. The molecular formula is C16H23NO4. The Morgan fingerprint density at radius 3 is 3.00 bits per heavy atom. The van der Waals surface area contributed by atoms with E-state index in [-0.39, 0.29) is 24.0 Å². The Kier molecular flexibility index (Phi) is 3.56. The van der Waals surface area contributed by atoms with Crippen molar-refractivity contribution in [2.24, 2.45) is 11.8 Å². The van der Waals surface area contributed by atoms with E-state index in [1.165, 1.54) is 0 Å². The van der Waals surface area contributed by atoms with Crippen LogP contribution in [0.1, 0.15) is 33.6 Å². The van der Waals surface area contributed by atoms with Crippen molar-refractivity contribution < 1.29 is 19.1 Å². The molecule has 5 nitrogen and oxygen atoms in total. The average Bonchev–Trinajstić information content (AvgIpc) is 3.12. The molecule has 0 radical (unpaired) electrons. The molecule has 3 rings (SSSR count). The SMILES string of the molecule is CCCOC(=O)[C@H]1[C@@H]2C=C[C@]3(CN([C@H](C)CC)C(=O)[C@H]13)O2. The Balaban J connectivity index is 1.85. The first-order valence-electron chi connectivity index (χ1n) is 7.88. The van der Waals surface area contributed by atoms with Crippen LogP contribution in [0.4, 0.5) is 0 Å². The van der Waals surface area contributed by atoms with Crippen LogP contribution in [0.25, 0.3) is 0 Å². The van der Waals surface area contributed by atoms with Crippen LogP contribution in [0.3, 0.4) is 0 Å². The predicted molar refractivity (Wildman–Crippen MR) is 76.4 cm³/mol. The van der Waals surface area contributed by atoms with Crippen LogP contribution in [0.5, 0.6) is 0 Å². The summed E-state index contributed by atoms with van der Waals surface area (Å²) in [5, 5.41) is 0. The fourth-order valence-corrected chi connectivity index (χ4v) is 3.69. The number of nitrogens with zero attached hydrogens (tertiary/aromatic N) is 1. The average molecular weight is 293 g/mol. The van der Waals surface area contributed by atoms with E-state index in [4.69, 9.17) is 9.47 Å². The third-order valence-electron chi connectivity index (χ3n) is 4.97. The van der Waals surface area contributed by atoms with Gasteiger partial charge in [0.05, 0.1) is 25.2 Å². The van der Waals surface area contributed by atoms with Gasteiger partial charge >= 0.3 is 5.97 Å². The molecule has 21 heavy (non-hydrogen) atoms. The van der Waals surface area contributed by atoms with Crippen molar-refractivity contribution in [1.29, 1.82) is 0 Å². The van der Waals surface area contributed by atoms with Crippen LogP contribution < -0.4 is 0 Å². The molecule has 0 unspecified atom stereocenters. The molecule has 3 heterocycles. The molecule has 0 aromatic heterocycles. The zero-order valence-electron chi connectivity index (χ0n) is 12.9. The van der Waals surface area contributed by atoms with Crippen LogP contribution in [0.15, 0.2) is 12.2 Å². The summed E-state index contributed by atoms with van der Waals surface area (Å²) in [6, 6.07) is 0.167. The van der Waals surface area contributed by atoms with E-state index in [1.807, 2.05) is 30.9 Å². The quantitative estimate of drug-likeness (QED) is 0.569. The molecule has 0 saturated carbocycles. The van der Waals surface area contributed by atoms with E-state index in [9.17, 15) is 9.59 Å². The van der Waals surface area contributed by atoms with Crippen molar-refractivity contribution in [3.05, 3.63) is 12.2 Å². The van der Waals surface area contributed by atoms with E-state index in [0.717, 1.165) is 12.8 Å². The summed E-state index contributed by atoms with van der Waals surface area (Å²) >= 11 is 0. The van der Waals surface area contributed by atoms with Crippen LogP contribution in [-0.2, 0) is 19.1 Å². The number of hydrogen-bond acceptors (Lipinski definition) is 4. The fourth-order valence-electron chi connectivity index (χ4n) is 3.69. The van der Waals surface area contributed by atoms with Crippen LogP contribution >= 0.6 is 0 Å². The highest BCUT2D eigenvalue weighted by atomic mass is 16.6. The fraction of sp³-hybridized carbons (Fsp3) is 0.750. The van der Waals surface area contributed by atoms with Crippen LogP contribution in [0, 0.1) is 11.8 Å². The lowest BCUT2D eigenvalue weighted by Gasteiger charge is -2.26. The molecule has 2 saturated heterocycles. The number of rotatable bonds is 5. The minimum Gasteiger partial charge on any atom is -0.465 e. The number of amides is 1. The topological polar surface area (TPSA) is 55.8 Å². The van der Waals surface area contributed by atoms with Gasteiger partial charge < -0.3 is 14.4 Å². The third-order valence-corrected chi connectivity index (χ3v) is 4.97. The highest BCUT2D eigenvalue weighted by Crippen LogP contribution is 2.52. The Hall–Kier alpha value is -1.36. The summed E-state index contributed by atoms with van der Waals surface area (Å²) in [6.07, 6.45) is 5.27. The molecule has 0 aromatic rings. The summed E-state index contributed by atoms with van der Waals surface area (Å²) in [5.41, 5.74) is -0.610. The van der Waals surface area contributed by atoms with Gasteiger partial charge in [0.15, 0.2) is 0 Å². The molecule has 0 N–H and O–H groups in total. The first-order chi connectivity index (χ1) is 10.0. The van der Waals surface area contributed by atoms with Gasteiger partial charge in [0.1, 0.15) is 11.5 Å². The third kappa shape index (κ3) is 2.01. The van der Waals surface area contributed by atoms with Gasteiger partial charge in [0, 0.05) is 6.04 Å². The first kappa shape index (κ1) is 14.6. The molecular weight excluding hydrogens is 270 g/mol. The maximum atomic E-state index is 12.8. The molecule has 1 amide bonds. The summed E-state index contributed by atoms with van der Waals surface area (Å²) in [5.74, 6) is -1.15. The van der Waals surface area contributed by atoms with Gasteiger partial charge in [0.25, 0.3) is 0 Å². The molecule has 2 fully saturated rings. The molecule has 0 aromatic carbocycles. The van der Waals surface area contributed by atoms with Gasteiger partial charge in [-0.25, -0.2) is 0 Å². The number of carbonyl (C=O) groups is 2. The maximum absolute atomic E-state index is 12.8. The molecule has 3 aliphatic heterocycles. The van der Waals surface area contributed by atoms with E-state index in [0.29, 0.717) is 13.2 Å². The number of likely N-dealkylation sites (tertiary alicyclic amines) is 1. The second-order valence-electron chi connectivity index (χ2n) is 6.29. The highest BCUT2D eigenvalue weighted by molar-refractivity contribution is 5.91. The van der Waals surface area contributed by atoms with Crippen molar-refractivity contribution in [2.75, 3.05) is 13.2 Å². The van der Waals surface area contributed by atoms with Crippen molar-refractivity contribution in [3.63, 3.8) is 0 Å². The second kappa shape index (κ2) is 5.13. The Morgan fingerprint density at radius 1 is 1.57 bits per heavy atom. The summed E-state index contributed by atoms with van der Waals surface area (Å²) in [7, 11) is 0. The van der Waals surface area contributed by atoms with Gasteiger partial charge in [0.2, 0.25) is 5.91 Å². The largest absolute Gasteiger partial charge is 0.465 e. The Bertz CT molecular complexity index is 489. The van der Waals surface area contributed by atoms with Crippen molar-refractivity contribution in [3.8, 4) is 0 Å². The lowest BCUT2D eigenvalue weighted by molar-refractivity contribution is -0.154. The van der Waals surface area contributed by atoms with Crippen LogP contribution in [0.2, 0.25) is 0 Å². The van der Waals surface area contributed by atoms with Gasteiger partial charge in [-0.05, 0) is 19.8 Å². The van der Waals surface area contributed by atoms with Gasteiger partial charge in [-0.3, -0.25) is 9.59 Å². The molecule has 3 aliphatic rings. The van der Waals surface area contributed by atoms with Crippen LogP contribution in [-0.4, -0.2) is 47.7 Å². The van der Waals surface area contributed by atoms with Crippen molar-refractivity contribution >= 4 is 11.9 Å². The summed E-state index contributed by atoms with van der Waals surface area (Å²) < 4.78 is 11.3. The maximum Gasteiger partial charge on any atom is 0.312 e. The minimum atomic E-state index is -0.610. The second-order valence-corrected chi connectivity index (χ2v) is 6.29. The smallest absolute Gasteiger partial charge is 0.312 e. The standard InChI is InChI=1S/C16H23NO4/c1-4-8-20-15(19)12-11-6-7-16(21-11)9-17(10(3)5-2)14(18)13(12)16/h6-7,10-13H,4-5,8-9H2,1-3H3/t10-,11+,12+,13+,16-/m1/s1. The molecule has 1 spiro atoms. The van der Waals surface area contributed by atoms with Gasteiger partial charge in [-0.15, -0.1) is 0 Å². The van der Waals surface area contributed by atoms with Gasteiger partial charge in [-0.2, -0.15) is 0 Å². The summed E-state index contributed by atoms with van der Waals surface area (Å²) in [4.78, 5) is 26.9. The number of esters is 1. The monoisotopic (exact) mass is 293 g/mol. The number of fused-ring (bicyclic) bond motifs is 1. The molecule has 116 valence electrons. The Morgan fingerprint density at radius 2 is 2.33 bits per heavy atom. The zero-order valence-corrected chi connectivity index (χ0v) is 12.9. The van der Waals surface area contributed by atoms with E-state index < -0.39 is 17.4 Å². The first-order valence-corrected chi connectivity index (χ1v) is 7.88. The molecule has 5 heteroatoms. The zero-order chi connectivity index (χ0) is 15.2. The highest BCUT2D eigenvalue weighted by Gasteiger charge is 2.67. The molecule has 5 atom stereocenters. The number of ether oxygens (including phenoxy) is 2. The van der Waals surface area contributed by atoms with Gasteiger partial charge in [-0.1, -0.05) is 26.0 Å². The van der Waals surface area contributed by atoms with E-state index in [2.05, 4.69) is 6.92 Å². The van der Waals surface area contributed by atoms with E-state index in [1.54, 1.807) is 0 Å². The molecule has 2 bridgehead atoms. The lowest BCUT2D eigenvalue weighted by Crippen LogP contribution is -2.41. The summed E-state index contributed by atoms with van der Waals surface area (Å²) in [6.45, 7) is 7.00. The normalized spacial score (nSPS) is 38.0. The minimum absolute atomic E-state index is 0.0367. The Labute approximate surface area is 125 Å².